The van der Waals surface area contributed by atoms with Gasteiger partial charge in [-0.2, -0.15) is 0 Å². The second kappa shape index (κ2) is 8.96. The molecule has 0 saturated heterocycles. The van der Waals surface area contributed by atoms with Crippen LogP contribution < -0.4 is 19.5 Å². The molecule has 1 atom stereocenters. The topological polar surface area (TPSA) is 87.0 Å². The summed E-state index contributed by atoms with van der Waals surface area (Å²) in [4.78, 5) is 12.9. The second-order valence-corrected chi connectivity index (χ2v) is 8.51. The van der Waals surface area contributed by atoms with Gasteiger partial charge in [0.2, 0.25) is 5.91 Å². The number of aromatic nitrogens is 3. The highest BCUT2D eigenvalue weighted by Gasteiger charge is 2.20. The van der Waals surface area contributed by atoms with E-state index in [0.717, 1.165) is 27.9 Å². The van der Waals surface area contributed by atoms with Crippen molar-refractivity contribution in [2.45, 2.75) is 24.3 Å². The van der Waals surface area contributed by atoms with Crippen LogP contribution in [0.1, 0.15) is 12.5 Å². The van der Waals surface area contributed by atoms with Gasteiger partial charge in [0.15, 0.2) is 22.3 Å². The van der Waals surface area contributed by atoms with Gasteiger partial charge in [0.1, 0.15) is 5.75 Å². The number of carbonyl (C=O) groups excluding carboxylic acids is 1. The minimum Gasteiger partial charge on any atom is -0.497 e. The lowest BCUT2D eigenvalue weighted by atomic mass is 10.1. The van der Waals surface area contributed by atoms with Crippen LogP contribution in [0.3, 0.4) is 0 Å². The molecule has 1 amide bonds. The molecule has 8 nitrogen and oxygen atoms in total. The maximum atomic E-state index is 12.9. The van der Waals surface area contributed by atoms with E-state index in [4.69, 9.17) is 14.2 Å². The third-order valence-corrected chi connectivity index (χ3v) is 6.22. The van der Waals surface area contributed by atoms with Crippen molar-refractivity contribution in [3.05, 3.63) is 48.0 Å². The van der Waals surface area contributed by atoms with Gasteiger partial charge in [-0.25, -0.2) is 0 Å². The molecular weight excluding hydrogens is 428 g/mol. The number of hydrogen-bond donors (Lipinski definition) is 1. The summed E-state index contributed by atoms with van der Waals surface area (Å²) in [6.07, 6.45) is 0. The molecule has 9 heteroatoms. The number of ether oxygens (including phenoxy) is 3. The molecule has 0 aliphatic rings. The SMILES string of the molecule is COc1ccc2c(C)cc3nnc(SC(C)C(=O)Nc4ccc(OC)c(OC)c4)n3c2c1. The number of rotatable bonds is 7. The molecular formula is C23H24N4O4S. The number of nitrogens with zero attached hydrogens (tertiary/aromatic N) is 3. The van der Waals surface area contributed by atoms with Crippen LogP contribution in [-0.4, -0.2) is 47.1 Å². The van der Waals surface area contributed by atoms with Gasteiger partial charge in [-0.1, -0.05) is 11.8 Å². The van der Waals surface area contributed by atoms with E-state index < -0.39 is 5.25 Å². The van der Waals surface area contributed by atoms with Crippen LogP contribution in [0.2, 0.25) is 0 Å². The van der Waals surface area contributed by atoms with E-state index in [1.54, 1.807) is 39.5 Å². The number of benzene rings is 2. The minimum absolute atomic E-state index is 0.159. The van der Waals surface area contributed by atoms with Gasteiger partial charge < -0.3 is 19.5 Å². The quantitative estimate of drug-likeness (QED) is 0.418. The predicted octanol–water partition coefficient (Wildman–Crippen LogP) is 4.34. The lowest BCUT2D eigenvalue weighted by Gasteiger charge is -2.14. The first-order valence-electron chi connectivity index (χ1n) is 9.97. The number of methoxy groups -OCH3 is 3. The van der Waals surface area contributed by atoms with Crippen LogP contribution in [0, 0.1) is 6.92 Å². The molecule has 4 rings (SSSR count). The Kier molecular flexibility index (Phi) is 6.09. The molecule has 0 bridgehead atoms. The number of nitrogens with one attached hydrogen (secondary N) is 1. The molecule has 1 unspecified atom stereocenters. The minimum atomic E-state index is -0.419. The first-order valence-corrected chi connectivity index (χ1v) is 10.8. The van der Waals surface area contributed by atoms with E-state index in [2.05, 4.69) is 15.5 Å². The zero-order valence-corrected chi connectivity index (χ0v) is 19.3. The van der Waals surface area contributed by atoms with Gasteiger partial charge >= 0.3 is 0 Å². The molecule has 0 saturated carbocycles. The molecule has 2 aromatic carbocycles. The largest absolute Gasteiger partial charge is 0.497 e. The van der Waals surface area contributed by atoms with Crippen molar-refractivity contribution in [1.82, 2.24) is 14.6 Å². The summed E-state index contributed by atoms with van der Waals surface area (Å²) in [5.74, 6) is 1.73. The highest BCUT2D eigenvalue weighted by Crippen LogP contribution is 2.32. The fourth-order valence-electron chi connectivity index (χ4n) is 3.48. The van der Waals surface area contributed by atoms with Gasteiger partial charge in [0.05, 0.1) is 32.1 Å². The summed E-state index contributed by atoms with van der Waals surface area (Å²) < 4.78 is 17.9. The third-order valence-electron chi connectivity index (χ3n) is 5.18. The Morgan fingerprint density at radius 2 is 1.78 bits per heavy atom. The molecule has 0 radical (unpaired) electrons. The molecule has 0 aliphatic heterocycles. The molecule has 0 spiro atoms. The van der Waals surface area contributed by atoms with Gasteiger partial charge in [0, 0.05) is 23.2 Å². The maximum absolute atomic E-state index is 12.9. The molecule has 2 aromatic heterocycles. The number of carbonyl (C=O) groups is 1. The van der Waals surface area contributed by atoms with Crippen molar-refractivity contribution in [1.29, 1.82) is 0 Å². The van der Waals surface area contributed by atoms with Crippen molar-refractivity contribution in [2.24, 2.45) is 0 Å². The molecule has 166 valence electrons. The summed E-state index contributed by atoms with van der Waals surface area (Å²) >= 11 is 1.34. The number of fused-ring (bicyclic) bond motifs is 3. The summed E-state index contributed by atoms with van der Waals surface area (Å²) in [5, 5.41) is 12.9. The monoisotopic (exact) mass is 452 g/mol. The number of hydrogen-bond acceptors (Lipinski definition) is 7. The fourth-order valence-corrected chi connectivity index (χ4v) is 4.34. The molecule has 2 heterocycles. The lowest BCUT2D eigenvalue weighted by Crippen LogP contribution is -2.22. The number of anilines is 1. The Morgan fingerprint density at radius 3 is 2.50 bits per heavy atom. The third kappa shape index (κ3) is 4.03. The Labute approximate surface area is 189 Å². The van der Waals surface area contributed by atoms with Gasteiger partial charge in [0.25, 0.3) is 0 Å². The van der Waals surface area contributed by atoms with Crippen LogP contribution in [0.5, 0.6) is 17.2 Å². The summed E-state index contributed by atoms with van der Waals surface area (Å²) in [6, 6.07) is 13.1. The van der Waals surface area contributed by atoms with Crippen LogP contribution in [0.25, 0.3) is 16.6 Å². The first-order chi connectivity index (χ1) is 15.4. The highest BCUT2D eigenvalue weighted by atomic mass is 32.2. The average molecular weight is 453 g/mol. The van der Waals surface area contributed by atoms with Gasteiger partial charge in [-0.3, -0.25) is 9.20 Å². The highest BCUT2D eigenvalue weighted by molar-refractivity contribution is 8.00. The second-order valence-electron chi connectivity index (χ2n) is 7.21. The van der Waals surface area contributed by atoms with Crippen molar-refractivity contribution in [2.75, 3.05) is 26.6 Å². The zero-order valence-electron chi connectivity index (χ0n) is 18.5. The number of pyridine rings is 1. The van der Waals surface area contributed by atoms with E-state index in [1.807, 2.05) is 42.5 Å². The molecule has 32 heavy (non-hydrogen) atoms. The molecule has 1 N–H and O–H groups in total. The fraction of sp³-hybridized carbons (Fsp3) is 0.261. The predicted molar refractivity (Wildman–Crippen MR) is 125 cm³/mol. The summed E-state index contributed by atoms with van der Waals surface area (Å²) in [7, 11) is 4.76. The van der Waals surface area contributed by atoms with Crippen LogP contribution in [0.4, 0.5) is 5.69 Å². The Bertz CT molecular complexity index is 1300. The smallest absolute Gasteiger partial charge is 0.237 e. The number of thioether (sulfide) groups is 1. The van der Waals surface area contributed by atoms with Crippen LogP contribution in [-0.2, 0) is 4.79 Å². The zero-order chi connectivity index (χ0) is 22.8. The van der Waals surface area contributed by atoms with Crippen LogP contribution in [0.15, 0.2) is 47.6 Å². The van der Waals surface area contributed by atoms with E-state index >= 15 is 0 Å². The van der Waals surface area contributed by atoms with Crippen molar-refractivity contribution >= 4 is 39.9 Å². The van der Waals surface area contributed by atoms with Crippen molar-refractivity contribution in [3.63, 3.8) is 0 Å². The summed E-state index contributed by atoms with van der Waals surface area (Å²) in [6.45, 7) is 3.87. The Hall–Kier alpha value is -3.46. The van der Waals surface area contributed by atoms with Crippen LogP contribution >= 0.6 is 11.8 Å². The van der Waals surface area contributed by atoms with Crippen molar-refractivity contribution in [3.8, 4) is 17.2 Å². The lowest BCUT2D eigenvalue weighted by molar-refractivity contribution is -0.115. The van der Waals surface area contributed by atoms with E-state index in [-0.39, 0.29) is 5.91 Å². The molecule has 0 aliphatic carbocycles. The standard InChI is InChI=1S/C23H24N4O4S/c1-13-10-21-25-26-23(27(21)18-12-16(29-3)7-8-17(13)18)32-14(2)22(28)24-15-6-9-19(30-4)20(11-15)31-5/h6-12,14H,1-5H3,(H,24,28). The normalized spacial score (nSPS) is 12.0. The number of amides is 1. The van der Waals surface area contributed by atoms with Gasteiger partial charge in [-0.15, -0.1) is 10.2 Å². The average Bonchev–Trinajstić information content (AvgIpc) is 3.20. The van der Waals surface area contributed by atoms with E-state index in [9.17, 15) is 4.79 Å². The molecule has 0 fully saturated rings. The Morgan fingerprint density at radius 1 is 1.00 bits per heavy atom. The maximum Gasteiger partial charge on any atom is 0.237 e. The van der Waals surface area contributed by atoms with Gasteiger partial charge in [-0.05, 0) is 49.7 Å². The van der Waals surface area contributed by atoms with E-state index in [1.165, 1.54) is 11.8 Å². The first kappa shape index (κ1) is 21.8. The van der Waals surface area contributed by atoms with E-state index in [0.29, 0.717) is 22.3 Å². The number of aryl methyl sites for hydroxylation is 1. The molecule has 4 aromatic rings. The van der Waals surface area contributed by atoms with Crippen molar-refractivity contribution < 1.29 is 19.0 Å². The summed E-state index contributed by atoms with van der Waals surface area (Å²) in [5.41, 5.74) is 3.37. The Balaban J connectivity index is 1.62.